The summed E-state index contributed by atoms with van der Waals surface area (Å²) in [5.74, 6) is 0.846. The molecule has 0 saturated heterocycles. The van der Waals surface area contributed by atoms with E-state index in [-0.39, 0.29) is 22.7 Å². The number of H-pyrrole nitrogens is 1. The number of hydrogen-bond donors (Lipinski definition) is 2. The summed E-state index contributed by atoms with van der Waals surface area (Å²) >= 11 is 0. The molecule has 0 fully saturated rings. The summed E-state index contributed by atoms with van der Waals surface area (Å²) in [7, 11) is 0. The zero-order valence-electron chi connectivity index (χ0n) is 11.8. The summed E-state index contributed by atoms with van der Waals surface area (Å²) < 4.78 is 0. The molecule has 2 aromatic rings. The molecule has 2 rings (SSSR count). The Morgan fingerprint density at radius 2 is 2.10 bits per heavy atom. The number of nitro groups is 1. The number of nitro benzene ring substituents is 1. The Labute approximate surface area is 117 Å². The van der Waals surface area contributed by atoms with E-state index >= 15 is 0 Å². The van der Waals surface area contributed by atoms with E-state index in [4.69, 9.17) is 0 Å². The van der Waals surface area contributed by atoms with Crippen molar-refractivity contribution in [3.63, 3.8) is 0 Å². The van der Waals surface area contributed by atoms with Gasteiger partial charge >= 0.3 is 0 Å². The molecule has 0 aliphatic rings. The molecular weight excluding hydrogens is 256 g/mol. The van der Waals surface area contributed by atoms with E-state index in [0.717, 1.165) is 11.4 Å². The number of benzene rings is 1. The molecule has 20 heavy (non-hydrogen) atoms. The third-order valence-corrected chi connectivity index (χ3v) is 3.36. The SMILES string of the molecule is Cc1ccc(C(C)NC(C)c2ncc[nH]2)cc1[N+](=O)[O-]. The summed E-state index contributed by atoms with van der Waals surface area (Å²) in [4.78, 5) is 17.9. The second-order valence-electron chi connectivity index (χ2n) is 4.89. The Hall–Kier alpha value is -2.21. The van der Waals surface area contributed by atoms with Crippen molar-refractivity contribution >= 4 is 5.69 Å². The predicted octanol–water partition coefficient (Wildman–Crippen LogP) is 3.04. The average molecular weight is 274 g/mol. The molecule has 0 radical (unpaired) electrons. The lowest BCUT2D eigenvalue weighted by molar-refractivity contribution is -0.385. The number of aromatic nitrogens is 2. The molecule has 1 heterocycles. The highest BCUT2D eigenvalue weighted by Crippen LogP contribution is 2.24. The number of nitrogens with zero attached hydrogens (tertiary/aromatic N) is 2. The van der Waals surface area contributed by atoms with Gasteiger partial charge in [-0.3, -0.25) is 10.1 Å². The fourth-order valence-corrected chi connectivity index (χ4v) is 2.16. The molecule has 2 unspecified atom stereocenters. The second kappa shape index (κ2) is 5.83. The number of nitrogens with one attached hydrogen (secondary N) is 2. The van der Waals surface area contributed by atoms with Crippen molar-refractivity contribution in [2.24, 2.45) is 0 Å². The largest absolute Gasteiger partial charge is 0.347 e. The zero-order chi connectivity index (χ0) is 14.7. The van der Waals surface area contributed by atoms with Crippen molar-refractivity contribution in [2.75, 3.05) is 0 Å². The minimum absolute atomic E-state index is 0.00519. The highest BCUT2D eigenvalue weighted by molar-refractivity contribution is 5.43. The number of aryl methyl sites for hydroxylation is 1. The van der Waals surface area contributed by atoms with Crippen LogP contribution in [0, 0.1) is 17.0 Å². The van der Waals surface area contributed by atoms with Gasteiger partial charge in [-0.15, -0.1) is 0 Å². The van der Waals surface area contributed by atoms with Crippen LogP contribution in [0.1, 0.15) is 42.9 Å². The van der Waals surface area contributed by atoms with Crippen LogP contribution in [0.5, 0.6) is 0 Å². The normalized spacial score (nSPS) is 13.9. The fourth-order valence-electron chi connectivity index (χ4n) is 2.16. The van der Waals surface area contributed by atoms with E-state index < -0.39 is 0 Å². The van der Waals surface area contributed by atoms with E-state index in [1.807, 2.05) is 19.9 Å². The smallest absolute Gasteiger partial charge is 0.272 e. The summed E-state index contributed by atoms with van der Waals surface area (Å²) in [5.41, 5.74) is 1.72. The number of aromatic amines is 1. The first kappa shape index (κ1) is 14.2. The quantitative estimate of drug-likeness (QED) is 0.648. The van der Waals surface area contributed by atoms with Crippen LogP contribution >= 0.6 is 0 Å². The average Bonchev–Trinajstić information content (AvgIpc) is 2.92. The van der Waals surface area contributed by atoms with Crippen LogP contribution in [-0.2, 0) is 0 Å². The minimum Gasteiger partial charge on any atom is -0.347 e. The number of hydrogen-bond acceptors (Lipinski definition) is 4. The van der Waals surface area contributed by atoms with E-state index in [9.17, 15) is 10.1 Å². The number of imidazole rings is 1. The molecule has 0 spiro atoms. The second-order valence-corrected chi connectivity index (χ2v) is 4.89. The molecule has 0 amide bonds. The maximum absolute atomic E-state index is 11.0. The molecule has 106 valence electrons. The Morgan fingerprint density at radius 3 is 2.70 bits per heavy atom. The van der Waals surface area contributed by atoms with Gasteiger partial charge in [0.15, 0.2) is 0 Å². The van der Waals surface area contributed by atoms with Crippen molar-refractivity contribution in [3.8, 4) is 0 Å². The maximum atomic E-state index is 11.0. The summed E-state index contributed by atoms with van der Waals surface area (Å²) in [6, 6.07) is 5.36. The van der Waals surface area contributed by atoms with Gasteiger partial charge in [-0.1, -0.05) is 12.1 Å². The standard InChI is InChI=1S/C14H18N4O2/c1-9-4-5-12(8-13(9)18(19)20)10(2)17-11(3)14-15-6-7-16-14/h4-8,10-11,17H,1-3H3,(H,15,16). The van der Waals surface area contributed by atoms with Crippen molar-refractivity contribution < 1.29 is 4.92 Å². The summed E-state index contributed by atoms with van der Waals surface area (Å²) in [6.07, 6.45) is 3.48. The molecule has 0 bridgehead atoms. The van der Waals surface area contributed by atoms with Crippen molar-refractivity contribution in [3.05, 3.63) is 57.7 Å². The Balaban J connectivity index is 2.15. The number of rotatable bonds is 5. The maximum Gasteiger partial charge on any atom is 0.272 e. The molecule has 1 aromatic heterocycles. The lowest BCUT2D eigenvalue weighted by Crippen LogP contribution is -2.23. The third kappa shape index (κ3) is 3.03. The van der Waals surface area contributed by atoms with Crippen LogP contribution in [-0.4, -0.2) is 14.9 Å². The zero-order valence-corrected chi connectivity index (χ0v) is 11.8. The molecule has 0 aliphatic heterocycles. The highest BCUT2D eigenvalue weighted by Gasteiger charge is 2.16. The van der Waals surface area contributed by atoms with Crippen LogP contribution in [0.4, 0.5) is 5.69 Å². The van der Waals surface area contributed by atoms with Gasteiger partial charge in [-0.2, -0.15) is 0 Å². The molecule has 6 heteroatoms. The van der Waals surface area contributed by atoms with E-state index in [1.165, 1.54) is 0 Å². The molecule has 0 saturated carbocycles. The van der Waals surface area contributed by atoms with Gasteiger partial charge in [-0.05, 0) is 26.3 Å². The van der Waals surface area contributed by atoms with E-state index in [0.29, 0.717) is 5.56 Å². The first-order chi connectivity index (χ1) is 9.49. The van der Waals surface area contributed by atoms with Gasteiger partial charge in [0, 0.05) is 30.1 Å². The Bertz CT molecular complexity index is 595. The fraction of sp³-hybridized carbons (Fsp3) is 0.357. The lowest BCUT2D eigenvalue weighted by atomic mass is 10.0. The Kier molecular flexibility index (Phi) is 4.14. The van der Waals surface area contributed by atoms with Gasteiger partial charge < -0.3 is 10.3 Å². The van der Waals surface area contributed by atoms with Crippen molar-refractivity contribution in [1.82, 2.24) is 15.3 Å². The van der Waals surface area contributed by atoms with Gasteiger partial charge in [0.1, 0.15) is 5.82 Å². The lowest BCUT2D eigenvalue weighted by Gasteiger charge is -2.19. The molecule has 0 aliphatic carbocycles. The highest BCUT2D eigenvalue weighted by atomic mass is 16.6. The molecule has 1 aromatic carbocycles. The summed E-state index contributed by atoms with van der Waals surface area (Å²) in [6.45, 7) is 5.72. The molecule has 2 N–H and O–H groups in total. The first-order valence-corrected chi connectivity index (χ1v) is 6.49. The minimum atomic E-state index is -0.346. The first-order valence-electron chi connectivity index (χ1n) is 6.49. The van der Waals surface area contributed by atoms with Gasteiger partial charge in [0.05, 0.1) is 11.0 Å². The predicted molar refractivity (Wildman–Crippen MR) is 76.4 cm³/mol. The van der Waals surface area contributed by atoms with Crippen molar-refractivity contribution in [1.29, 1.82) is 0 Å². The topological polar surface area (TPSA) is 83.8 Å². The van der Waals surface area contributed by atoms with E-state index in [2.05, 4.69) is 15.3 Å². The monoisotopic (exact) mass is 274 g/mol. The molecular formula is C14H18N4O2. The van der Waals surface area contributed by atoms with E-state index in [1.54, 1.807) is 31.5 Å². The van der Waals surface area contributed by atoms with Crippen LogP contribution in [0.3, 0.4) is 0 Å². The Morgan fingerprint density at radius 1 is 1.35 bits per heavy atom. The van der Waals surface area contributed by atoms with Gasteiger partial charge in [-0.25, -0.2) is 4.98 Å². The van der Waals surface area contributed by atoms with Crippen LogP contribution in [0.25, 0.3) is 0 Å². The van der Waals surface area contributed by atoms with Gasteiger partial charge in [0.2, 0.25) is 0 Å². The summed E-state index contributed by atoms with van der Waals surface area (Å²) in [5, 5.41) is 14.3. The van der Waals surface area contributed by atoms with Gasteiger partial charge in [0.25, 0.3) is 5.69 Å². The van der Waals surface area contributed by atoms with Crippen LogP contribution < -0.4 is 5.32 Å². The molecule has 6 nitrogen and oxygen atoms in total. The van der Waals surface area contributed by atoms with Crippen LogP contribution in [0.15, 0.2) is 30.6 Å². The van der Waals surface area contributed by atoms with Crippen LogP contribution in [0.2, 0.25) is 0 Å². The molecule has 2 atom stereocenters. The third-order valence-electron chi connectivity index (χ3n) is 3.36. The van der Waals surface area contributed by atoms with Crippen molar-refractivity contribution in [2.45, 2.75) is 32.9 Å².